The molecule has 0 radical (unpaired) electrons. The molecule has 0 aliphatic carbocycles. The summed E-state index contributed by atoms with van der Waals surface area (Å²) in [6, 6.07) is 0. The maximum atomic E-state index is 4.25. The summed E-state index contributed by atoms with van der Waals surface area (Å²) in [5.41, 5.74) is 0. The predicted octanol–water partition coefficient (Wildman–Crippen LogP) is -0.932. The standard InChI is InChI=1S/C8H13N5/c1-2-13-7(5-9-1)11-12-8(13)6-3-10-4-6/h6,9-10H,1-5H2. The van der Waals surface area contributed by atoms with Crippen LogP contribution in [0.15, 0.2) is 0 Å². The molecule has 13 heavy (non-hydrogen) atoms. The van der Waals surface area contributed by atoms with Gasteiger partial charge in [0.05, 0.1) is 6.54 Å². The summed E-state index contributed by atoms with van der Waals surface area (Å²) >= 11 is 0. The molecule has 0 saturated carbocycles. The fraction of sp³-hybridized carbons (Fsp3) is 0.750. The van der Waals surface area contributed by atoms with Crippen LogP contribution in [0.4, 0.5) is 0 Å². The van der Waals surface area contributed by atoms with Gasteiger partial charge in [-0.2, -0.15) is 0 Å². The quantitative estimate of drug-likeness (QED) is 0.584. The van der Waals surface area contributed by atoms with E-state index in [1.165, 1.54) is 5.82 Å². The molecule has 2 aliphatic heterocycles. The Labute approximate surface area is 76.5 Å². The van der Waals surface area contributed by atoms with E-state index in [1.54, 1.807) is 0 Å². The highest BCUT2D eigenvalue weighted by molar-refractivity contribution is 5.08. The van der Waals surface area contributed by atoms with Gasteiger partial charge in [0.25, 0.3) is 0 Å². The summed E-state index contributed by atoms with van der Waals surface area (Å²) in [4.78, 5) is 0. The second-order valence-electron chi connectivity index (χ2n) is 3.66. The van der Waals surface area contributed by atoms with Gasteiger partial charge in [-0.1, -0.05) is 0 Å². The fourth-order valence-electron chi connectivity index (χ4n) is 1.89. The summed E-state index contributed by atoms with van der Waals surface area (Å²) in [5.74, 6) is 2.86. The lowest BCUT2D eigenvalue weighted by Gasteiger charge is -2.27. The molecule has 5 heteroatoms. The highest BCUT2D eigenvalue weighted by Crippen LogP contribution is 2.19. The Morgan fingerprint density at radius 1 is 1.23 bits per heavy atom. The Hall–Kier alpha value is -0.940. The molecule has 5 nitrogen and oxygen atoms in total. The van der Waals surface area contributed by atoms with Crippen molar-refractivity contribution in [2.75, 3.05) is 19.6 Å². The normalized spacial score (nSPS) is 22.5. The van der Waals surface area contributed by atoms with Gasteiger partial charge in [0, 0.05) is 32.1 Å². The number of rotatable bonds is 1. The van der Waals surface area contributed by atoms with E-state index in [-0.39, 0.29) is 0 Å². The number of nitrogens with one attached hydrogen (secondary N) is 2. The summed E-state index contributed by atoms with van der Waals surface area (Å²) < 4.78 is 2.27. The highest BCUT2D eigenvalue weighted by Gasteiger charge is 2.26. The van der Waals surface area contributed by atoms with Crippen LogP contribution in [0.3, 0.4) is 0 Å². The Morgan fingerprint density at radius 3 is 2.92 bits per heavy atom. The van der Waals surface area contributed by atoms with E-state index < -0.39 is 0 Å². The van der Waals surface area contributed by atoms with Crippen LogP contribution in [0.1, 0.15) is 17.6 Å². The maximum Gasteiger partial charge on any atom is 0.147 e. The van der Waals surface area contributed by atoms with Gasteiger partial charge in [-0.05, 0) is 0 Å². The van der Waals surface area contributed by atoms with Crippen LogP contribution in [0.5, 0.6) is 0 Å². The minimum atomic E-state index is 0.597. The number of hydrogen-bond acceptors (Lipinski definition) is 4. The Kier molecular flexibility index (Phi) is 1.60. The van der Waals surface area contributed by atoms with E-state index in [4.69, 9.17) is 0 Å². The maximum absolute atomic E-state index is 4.25. The molecule has 0 unspecified atom stereocenters. The molecule has 1 aromatic heterocycles. The second-order valence-corrected chi connectivity index (χ2v) is 3.66. The smallest absolute Gasteiger partial charge is 0.147 e. The molecule has 2 N–H and O–H groups in total. The molecule has 3 rings (SSSR count). The second kappa shape index (κ2) is 2.78. The molecule has 0 aromatic carbocycles. The largest absolute Gasteiger partial charge is 0.315 e. The van der Waals surface area contributed by atoms with Gasteiger partial charge in [-0.15, -0.1) is 10.2 Å². The van der Waals surface area contributed by atoms with Crippen molar-refractivity contribution in [3.05, 3.63) is 11.6 Å². The third-order valence-corrected chi connectivity index (χ3v) is 2.80. The van der Waals surface area contributed by atoms with Crippen molar-refractivity contribution in [1.82, 2.24) is 25.4 Å². The fourth-order valence-corrected chi connectivity index (χ4v) is 1.89. The average molecular weight is 179 g/mol. The molecule has 1 fully saturated rings. The van der Waals surface area contributed by atoms with Gasteiger partial charge in [0.2, 0.25) is 0 Å². The third-order valence-electron chi connectivity index (χ3n) is 2.80. The molecule has 0 bridgehead atoms. The van der Waals surface area contributed by atoms with Crippen molar-refractivity contribution in [2.45, 2.75) is 19.0 Å². The predicted molar refractivity (Wildman–Crippen MR) is 47.3 cm³/mol. The van der Waals surface area contributed by atoms with Crippen LogP contribution in [-0.2, 0) is 13.1 Å². The van der Waals surface area contributed by atoms with E-state index in [0.29, 0.717) is 5.92 Å². The molecule has 0 amide bonds. The first-order valence-electron chi connectivity index (χ1n) is 4.78. The van der Waals surface area contributed by atoms with Gasteiger partial charge in [0.1, 0.15) is 11.6 Å². The molecule has 2 aliphatic rings. The molecular weight excluding hydrogens is 166 g/mol. The summed E-state index contributed by atoms with van der Waals surface area (Å²) in [5, 5.41) is 15.0. The lowest BCUT2D eigenvalue weighted by Crippen LogP contribution is -2.42. The minimum absolute atomic E-state index is 0.597. The monoisotopic (exact) mass is 179 g/mol. The average Bonchev–Trinajstić information content (AvgIpc) is 2.47. The van der Waals surface area contributed by atoms with Crippen LogP contribution in [0.2, 0.25) is 0 Å². The van der Waals surface area contributed by atoms with Crippen LogP contribution in [0, 0.1) is 0 Å². The van der Waals surface area contributed by atoms with Crippen molar-refractivity contribution in [3.8, 4) is 0 Å². The zero-order chi connectivity index (χ0) is 8.67. The molecule has 0 spiro atoms. The van der Waals surface area contributed by atoms with E-state index in [1.807, 2.05) is 0 Å². The molecular formula is C8H13N5. The number of fused-ring (bicyclic) bond motifs is 1. The van der Waals surface area contributed by atoms with Gasteiger partial charge in [-0.25, -0.2) is 0 Å². The van der Waals surface area contributed by atoms with Crippen molar-refractivity contribution < 1.29 is 0 Å². The summed E-state index contributed by atoms with van der Waals surface area (Å²) in [7, 11) is 0. The first-order valence-corrected chi connectivity index (χ1v) is 4.78. The minimum Gasteiger partial charge on any atom is -0.315 e. The Balaban J connectivity index is 1.95. The van der Waals surface area contributed by atoms with E-state index >= 15 is 0 Å². The molecule has 3 heterocycles. The SMILES string of the molecule is C1Cn2c(nnc2C2CNC2)CN1. The van der Waals surface area contributed by atoms with Crippen molar-refractivity contribution in [2.24, 2.45) is 0 Å². The van der Waals surface area contributed by atoms with Crippen molar-refractivity contribution in [1.29, 1.82) is 0 Å². The van der Waals surface area contributed by atoms with E-state index in [2.05, 4.69) is 25.4 Å². The lowest BCUT2D eigenvalue weighted by atomic mass is 10.0. The van der Waals surface area contributed by atoms with Crippen LogP contribution in [0.25, 0.3) is 0 Å². The van der Waals surface area contributed by atoms with Gasteiger partial charge < -0.3 is 15.2 Å². The van der Waals surface area contributed by atoms with Gasteiger partial charge in [-0.3, -0.25) is 0 Å². The third kappa shape index (κ3) is 1.08. The number of hydrogen-bond donors (Lipinski definition) is 2. The number of nitrogens with zero attached hydrogens (tertiary/aromatic N) is 3. The van der Waals surface area contributed by atoms with Crippen LogP contribution < -0.4 is 10.6 Å². The zero-order valence-electron chi connectivity index (χ0n) is 7.45. The van der Waals surface area contributed by atoms with Crippen LogP contribution >= 0.6 is 0 Å². The van der Waals surface area contributed by atoms with Crippen molar-refractivity contribution >= 4 is 0 Å². The highest BCUT2D eigenvalue weighted by atomic mass is 15.3. The molecule has 70 valence electrons. The molecule has 1 aromatic rings. The molecule has 1 saturated heterocycles. The summed E-state index contributed by atoms with van der Waals surface area (Å²) in [6.45, 7) is 5.05. The summed E-state index contributed by atoms with van der Waals surface area (Å²) in [6.07, 6.45) is 0. The molecule has 0 atom stereocenters. The lowest BCUT2D eigenvalue weighted by molar-refractivity contribution is 0.399. The Bertz CT molecular complexity index is 314. The Morgan fingerprint density at radius 2 is 2.15 bits per heavy atom. The van der Waals surface area contributed by atoms with Crippen molar-refractivity contribution in [3.63, 3.8) is 0 Å². The first kappa shape index (κ1) is 7.46. The van der Waals surface area contributed by atoms with Crippen LogP contribution in [-0.4, -0.2) is 34.4 Å². The first-order chi connectivity index (χ1) is 6.45. The number of aromatic nitrogens is 3. The topological polar surface area (TPSA) is 54.8 Å². The van der Waals surface area contributed by atoms with E-state index in [0.717, 1.165) is 38.5 Å². The zero-order valence-corrected chi connectivity index (χ0v) is 7.45. The van der Waals surface area contributed by atoms with E-state index in [9.17, 15) is 0 Å². The van der Waals surface area contributed by atoms with Gasteiger partial charge in [0.15, 0.2) is 0 Å². The van der Waals surface area contributed by atoms with Gasteiger partial charge >= 0.3 is 0 Å².